The molecule has 94 valence electrons. The Morgan fingerprint density at radius 3 is 2.44 bits per heavy atom. The predicted molar refractivity (Wildman–Crippen MR) is 68.7 cm³/mol. The molecule has 3 heteroatoms. The van der Waals surface area contributed by atoms with E-state index in [0.717, 1.165) is 23.9 Å². The van der Waals surface area contributed by atoms with Crippen molar-refractivity contribution in [2.24, 2.45) is 11.8 Å². The summed E-state index contributed by atoms with van der Waals surface area (Å²) < 4.78 is 0. The number of rotatable bonds is 5. The molecule has 0 bridgehead atoms. The zero-order valence-electron chi connectivity index (χ0n) is 11.2. The van der Waals surface area contributed by atoms with E-state index in [2.05, 4.69) is 43.2 Å². The Morgan fingerprint density at radius 1 is 1.31 bits per heavy atom. The van der Waals surface area contributed by atoms with Gasteiger partial charge in [0.25, 0.3) is 0 Å². The molecular weight excluding hydrogens is 198 g/mol. The quantitative estimate of drug-likeness (QED) is 0.749. The van der Waals surface area contributed by atoms with Gasteiger partial charge >= 0.3 is 0 Å². The van der Waals surface area contributed by atoms with Gasteiger partial charge in [-0.25, -0.2) is 0 Å². The molecule has 1 aliphatic heterocycles. The summed E-state index contributed by atoms with van der Waals surface area (Å²) in [7, 11) is 6.54. The van der Waals surface area contributed by atoms with E-state index in [-0.39, 0.29) is 0 Å². The summed E-state index contributed by atoms with van der Waals surface area (Å²) in [4.78, 5) is 5.03. The number of nitrogens with zero attached hydrogens (tertiary/aromatic N) is 2. The van der Waals surface area contributed by atoms with E-state index in [1.165, 1.54) is 32.5 Å². The van der Waals surface area contributed by atoms with E-state index < -0.39 is 0 Å². The van der Waals surface area contributed by atoms with Crippen LogP contribution in [0.1, 0.15) is 19.8 Å². The van der Waals surface area contributed by atoms with E-state index in [1.807, 2.05) is 0 Å². The monoisotopic (exact) mass is 225 g/mol. The number of hydrogen-bond donors (Lipinski definition) is 1. The van der Waals surface area contributed by atoms with Gasteiger partial charge in [0, 0.05) is 31.7 Å². The lowest BCUT2D eigenvalue weighted by Crippen LogP contribution is -2.41. The summed E-state index contributed by atoms with van der Waals surface area (Å²) in [6, 6.07) is 1.48. The highest BCUT2D eigenvalue weighted by Gasteiger charge is 2.35. The molecule has 3 nitrogen and oxygen atoms in total. The maximum Gasteiger partial charge on any atom is 0.0254 e. The number of likely N-dealkylation sites (N-methyl/N-ethyl adjacent to an activating group) is 2. The van der Waals surface area contributed by atoms with Crippen molar-refractivity contribution in [3.05, 3.63) is 0 Å². The summed E-state index contributed by atoms with van der Waals surface area (Å²) in [6.45, 7) is 6.15. The van der Waals surface area contributed by atoms with E-state index in [9.17, 15) is 0 Å². The SMILES string of the molecule is CNC(CN1CC(C)C(N(C)C)C1)C1CC1. The van der Waals surface area contributed by atoms with E-state index in [1.54, 1.807) is 0 Å². The fourth-order valence-electron chi connectivity index (χ4n) is 3.12. The van der Waals surface area contributed by atoms with Crippen molar-refractivity contribution in [3.8, 4) is 0 Å². The van der Waals surface area contributed by atoms with Gasteiger partial charge in [-0.15, -0.1) is 0 Å². The Balaban J connectivity index is 1.82. The van der Waals surface area contributed by atoms with Crippen molar-refractivity contribution >= 4 is 0 Å². The predicted octanol–water partition coefficient (Wildman–Crippen LogP) is 0.866. The van der Waals surface area contributed by atoms with Crippen molar-refractivity contribution in [2.45, 2.75) is 31.8 Å². The Bertz CT molecular complexity index is 225. The van der Waals surface area contributed by atoms with Crippen LogP contribution >= 0.6 is 0 Å². The topological polar surface area (TPSA) is 18.5 Å². The normalized spacial score (nSPS) is 33.6. The standard InChI is InChI=1S/C13H27N3/c1-10-7-16(9-13(10)15(3)4)8-12(14-2)11-5-6-11/h10-14H,5-9H2,1-4H3. The molecule has 2 aliphatic rings. The lowest BCUT2D eigenvalue weighted by molar-refractivity contribution is 0.240. The first-order valence-electron chi connectivity index (χ1n) is 6.68. The Kier molecular flexibility index (Phi) is 3.88. The first-order chi connectivity index (χ1) is 7.61. The van der Waals surface area contributed by atoms with Crippen molar-refractivity contribution < 1.29 is 0 Å². The molecule has 0 aromatic carbocycles. The Morgan fingerprint density at radius 2 is 2.00 bits per heavy atom. The fraction of sp³-hybridized carbons (Fsp3) is 1.00. The first-order valence-corrected chi connectivity index (χ1v) is 6.68. The van der Waals surface area contributed by atoms with Crippen molar-refractivity contribution in [2.75, 3.05) is 40.8 Å². The van der Waals surface area contributed by atoms with Crippen LogP contribution in [0.4, 0.5) is 0 Å². The smallest absolute Gasteiger partial charge is 0.0254 e. The molecule has 0 radical (unpaired) electrons. The lowest BCUT2D eigenvalue weighted by Gasteiger charge is -2.25. The molecule has 2 fully saturated rings. The third kappa shape index (κ3) is 2.76. The lowest BCUT2D eigenvalue weighted by atomic mass is 10.1. The van der Waals surface area contributed by atoms with Crippen molar-refractivity contribution in [1.29, 1.82) is 0 Å². The zero-order chi connectivity index (χ0) is 11.7. The molecule has 1 saturated carbocycles. The maximum absolute atomic E-state index is 3.49. The van der Waals surface area contributed by atoms with Crippen LogP contribution in [0.5, 0.6) is 0 Å². The van der Waals surface area contributed by atoms with Crippen molar-refractivity contribution in [3.63, 3.8) is 0 Å². The highest BCUT2D eigenvalue weighted by Crippen LogP contribution is 2.33. The summed E-state index contributed by atoms with van der Waals surface area (Å²) in [6.07, 6.45) is 2.87. The largest absolute Gasteiger partial charge is 0.315 e. The van der Waals surface area contributed by atoms with E-state index in [4.69, 9.17) is 0 Å². The molecule has 16 heavy (non-hydrogen) atoms. The molecule has 1 N–H and O–H groups in total. The average Bonchev–Trinajstić information content (AvgIpc) is 2.99. The van der Waals surface area contributed by atoms with Gasteiger partial charge in [-0.2, -0.15) is 0 Å². The highest BCUT2D eigenvalue weighted by atomic mass is 15.2. The molecule has 0 spiro atoms. The fourth-order valence-corrected chi connectivity index (χ4v) is 3.12. The van der Waals surface area contributed by atoms with Crippen LogP contribution in [0.2, 0.25) is 0 Å². The van der Waals surface area contributed by atoms with Crippen LogP contribution < -0.4 is 5.32 Å². The maximum atomic E-state index is 3.49. The van der Waals surface area contributed by atoms with Crippen molar-refractivity contribution in [1.82, 2.24) is 15.1 Å². The van der Waals surface area contributed by atoms with Gasteiger partial charge in [-0.05, 0) is 45.8 Å². The van der Waals surface area contributed by atoms with E-state index >= 15 is 0 Å². The second-order valence-electron chi connectivity index (χ2n) is 5.96. The number of likely N-dealkylation sites (tertiary alicyclic amines) is 1. The van der Waals surface area contributed by atoms with Gasteiger partial charge in [0.05, 0.1) is 0 Å². The van der Waals surface area contributed by atoms with Gasteiger partial charge in [0.15, 0.2) is 0 Å². The minimum atomic E-state index is 0.730. The molecule has 0 aromatic heterocycles. The third-order valence-electron chi connectivity index (χ3n) is 4.33. The molecule has 3 unspecified atom stereocenters. The summed E-state index contributed by atoms with van der Waals surface area (Å²) in [5, 5.41) is 3.49. The summed E-state index contributed by atoms with van der Waals surface area (Å²) in [5.41, 5.74) is 0. The first kappa shape index (κ1) is 12.3. The zero-order valence-corrected chi connectivity index (χ0v) is 11.2. The molecule has 1 saturated heterocycles. The van der Waals surface area contributed by atoms with E-state index in [0.29, 0.717) is 0 Å². The second kappa shape index (κ2) is 5.03. The number of nitrogens with one attached hydrogen (secondary N) is 1. The van der Waals surface area contributed by atoms with Gasteiger partial charge < -0.3 is 10.2 Å². The van der Waals surface area contributed by atoms with Crippen LogP contribution in [0.25, 0.3) is 0 Å². The van der Waals surface area contributed by atoms with Crippen LogP contribution in [-0.4, -0.2) is 62.7 Å². The van der Waals surface area contributed by atoms with Crippen LogP contribution in [-0.2, 0) is 0 Å². The number of hydrogen-bond acceptors (Lipinski definition) is 3. The molecule has 0 amide bonds. The van der Waals surface area contributed by atoms with Crippen LogP contribution in [0.3, 0.4) is 0 Å². The molecular formula is C13H27N3. The minimum Gasteiger partial charge on any atom is -0.315 e. The van der Waals surface area contributed by atoms with Gasteiger partial charge in [-0.3, -0.25) is 4.90 Å². The third-order valence-corrected chi connectivity index (χ3v) is 4.33. The molecule has 2 rings (SSSR count). The second-order valence-corrected chi connectivity index (χ2v) is 5.96. The summed E-state index contributed by atoms with van der Waals surface area (Å²) in [5.74, 6) is 1.77. The molecule has 1 heterocycles. The summed E-state index contributed by atoms with van der Waals surface area (Å²) >= 11 is 0. The van der Waals surface area contributed by atoms with Crippen LogP contribution in [0, 0.1) is 11.8 Å². The average molecular weight is 225 g/mol. The van der Waals surface area contributed by atoms with Gasteiger partial charge in [-0.1, -0.05) is 6.92 Å². The van der Waals surface area contributed by atoms with Crippen LogP contribution in [0.15, 0.2) is 0 Å². The highest BCUT2D eigenvalue weighted by molar-refractivity contribution is 4.92. The molecule has 1 aliphatic carbocycles. The Labute approximate surface area is 100 Å². The van der Waals surface area contributed by atoms with Gasteiger partial charge in [0.2, 0.25) is 0 Å². The van der Waals surface area contributed by atoms with Gasteiger partial charge in [0.1, 0.15) is 0 Å². The molecule has 3 atom stereocenters. The Hall–Kier alpha value is -0.120. The molecule has 0 aromatic rings. The minimum absolute atomic E-state index is 0.730.